The van der Waals surface area contributed by atoms with Crippen LogP contribution in [-0.2, 0) is 11.3 Å². The number of benzene rings is 3. The Morgan fingerprint density at radius 3 is 2.48 bits per heavy atom. The summed E-state index contributed by atoms with van der Waals surface area (Å²) in [6.45, 7) is 1.17. The van der Waals surface area contributed by atoms with E-state index >= 15 is 0 Å². The van der Waals surface area contributed by atoms with Crippen LogP contribution < -0.4 is 16.4 Å². The third-order valence-corrected chi connectivity index (χ3v) is 4.69. The first-order valence-electron chi connectivity index (χ1n) is 9.44. The predicted molar refractivity (Wildman–Crippen MR) is 115 cm³/mol. The molecular weight excluding hydrogens is 364 g/mol. The summed E-state index contributed by atoms with van der Waals surface area (Å²) in [5.74, 6) is -0.198. The number of amidine groups is 1. The van der Waals surface area contributed by atoms with Gasteiger partial charge in [-0.05, 0) is 35.4 Å². The van der Waals surface area contributed by atoms with Gasteiger partial charge in [0.2, 0.25) is 0 Å². The van der Waals surface area contributed by atoms with Crippen molar-refractivity contribution < 1.29 is 9.53 Å². The first kappa shape index (κ1) is 18.6. The van der Waals surface area contributed by atoms with Crippen LogP contribution in [0.4, 0.5) is 11.4 Å². The smallest absolute Gasteiger partial charge is 0.285 e. The second kappa shape index (κ2) is 8.48. The van der Waals surface area contributed by atoms with Gasteiger partial charge >= 0.3 is 0 Å². The van der Waals surface area contributed by atoms with Crippen LogP contribution in [0.5, 0.6) is 0 Å². The molecule has 4 N–H and O–H groups in total. The molecule has 1 aliphatic rings. The van der Waals surface area contributed by atoms with E-state index in [-0.39, 0.29) is 12.0 Å². The normalized spacial score (nSPS) is 15.3. The van der Waals surface area contributed by atoms with E-state index in [0.29, 0.717) is 36.0 Å². The van der Waals surface area contributed by atoms with Gasteiger partial charge in [0.15, 0.2) is 0 Å². The molecule has 4 rings (SSSR count). The van der Waals surface area contributed by atoms with E-state index in [4.69, 9.17) is 10.5 Å². The van der Waals surface area contributed by atoms with Crippen LogP contribution in [0.3, 0.4) is 0 Å². The van der Waals surface area contributed by atoms with Crippen LogP contribution in [0.25, 0.3) is 0 Å². The Morgan fingerprint density at radius 1 is 1.00 bits per heavy atom. The van der Waals surface area contributed by atoms with Gasteiger partial charge in [-0.15, -0.1) is 0 Å². The number of nitrogen functional groups attached to an aromatic ring is 1. The zero-order chi connectivity index (χ0) is 20.1. The summed E-state index contributed by atoms with van der Waals surface area (Å²) < 4.78 is 5.87. The minimum Gasteiger partial charge on any atom is -0.455 e. The van der Waals surface area contributed by atoms with Gasteiger partial charge in [-0.1, -0.05) is 54.6 Å². The second-order valence-electron chi connectivity index (χ2n) is 6.75. The quantitative estimate of drug-likeness (QED) is 0.583. The van der Waals surface area contributed by atoms with Crippen molar-refractivity contribution in [2.45, 2.75) is 12.6 Å². The summed E-state index contributed by atoms with van der Waals surface area (Å²) in [6, 6.07) is 25.2. The van der Waals surface area contributed by atoms with Gasteiger partial charge in [0, 0.05) is 12.1 Å². The summed E-state index contributed by atoms with van der Waals surface area (Å²) in [4.78, 5) is 16.8. The number of amides is 1. The lowest BCUT2D eigenvalue weighted by molar-refractivity contribution is 0.102. The van der Waals surface area contributed by atoms with E-state index in [2.05, 4.69) is 15.6 Å². The third-order valence-electron chi connectivity index (χ3n) is 4.69. The van der Waals surface area contributed by atoms with E-state index in [1.807, 2.05) is 54.6 Å². The zero-order valence-electron chi connectivity index (χ0n) is 15.8. The number of carbonyl (C=O) groups is 1. The maximum absolute atomic E-state index is 12.4. The number of para-hydroxylation sites is 2. The minimum atomic E-state index is -0.198. The molecule has 6 nitrogen and oxygen atoms in total. The molecule has 0 fully saturated rings. The Labute approximate surface area is 169 Å². The molecule has 29 heavy (non-hydrogen) atoms. The Bertz CT molecular complexity index is 1020. The van der Waals surface area contributed by atoms with Gasteiger partial charge in [0.05, 0.1) is 17.9 Å². The topological polar surface area (TPSA) is 88.7 Å². The SMILES string of the molecule is Nc1ccccc1NC(=O)c1ccc(CNC2=NC[C@@H](c3ccccc3)O2)cc1. The molecule has 0 saturated heterocycles. The fourth-order valence-electron chi connectivity index (χ4n) is 3.07. The maximum atomic E-state index is 12.4. The fourth-order valence-corrected chi connectivity index (χ4v) is 3.07. The van der Waals surface area contributed by atoms with Gasteiger partial charge in [0.1, 0.15) is 6.10 Å². The van der Waals surface area contributed by atoms with Crippen LogP contribution in [0, 0.1) is 0 Å². The predicted octanol–water partition coefficient (Wildman–Crippen LogP) is 3.74. The number of ether oxygens (including phenoxy) is 1. The van der Waals surface area contributed by atoms with E-state index in [0.717, 1.165) is 11.1 Å². The highest BCUT2D eigenvalue weighted by molar-refractivity contribution is 6.05. The molecule has 1 atom stereocenters. The summed E-state index contributed by atoms with van der Waals surface area (Å²) in [6.07, 6.45) is -0.0461. The van der Waals surface area contributed by atoms with E-state index < -0.39 is 0 Å². The van der Waals surface area contributed by atoms with Crippen LogP contribution >= 0.6 is 0 Å². The number of anilines is 2. The Morgan fingerprint density at radius 2 is 1.72 bits per heavy atom. The molecule has 3 aromatic rings. The van der Waals surface area contributed by atoms with Crippen molar-refractivity contribution in [3.63, 3.8) is 0 Å². The lowest BCUT2D eigenvalue weighted by atomic mass is 10.1. The summed E-state index contributed by atoms with van der Waals surface area (Å²) in [5, 5.41) is 6.03. The second-order valence-corrected chi connectivity index (χ2v) is 6.75. The van der Waals surface area contributed by atoms with E-state index in [1.54, 1.807) is 24.3 Å². The number of nitrogens with one attached hydrogen (secondary N) is 2. The summed E-state index contributed by atoms with van der Waals surface area (Å²) in [5.41, 5.74) is 9.71. The van der Waals surface area contributed by atoms with Crippen molar-refractivity contribution in [1.82, 2.24) is 5.32 Å². The minimum absolute atomic E-state index is 0.0461. The van der Waals surface area contributed by atoms with E-state index in [1.165, 1.54) is 0 Å². The molecule has 0 unspecified atom stereocenters. The molecular formula is C23H22N4O2. The number of nitrogens with two attached hydrogens (primary N) is 1. The highest BCUT2D eigenvalue weighted by Gasteiger charge is 2.21. The molecule has 3 aromatic carbocycles. The van der Waals surface area contributed by atoms with E-state index in [9.17, 15) is 4.79 Å². The van der Waals surface area contributed by atoms with Gasteiger partial charge < -0.3 is 21.1 Å². The first-order chi connectivity index (χ1) is 14.2. The molecule has 1 amide bonds. The highest BCUT2D eigenvalue weighted by Crippen LogP contribution is 2.22. The van der Waals surface area contributed by atoms with Gasteiger partial charge in [-0.25, -0.2) is 4.99 Å². The van der Waals surface area contributed by atoms with Crippen molar-refractivity contribution in [1.29, 1.82) is 0 Å². The molecule has 0 aromatic heterocycles. The number of hydrogen-bond donors (Lipinski definition) is 3. The number of aliphatic imine (C=N–C) groups is 1. The molecule has 0 bridgehead atoms. The zero-order valence-corrected chi connectivity index (χ0v) is 15.8. The standard InChI is InChI=1S/C23H22N4O2/c24-19-8-4-5-9-20(19)27-22(28)18-12-10-16(11-13-18)14-25-23-26-15-21(29-23)17-6-2-1-3-7-17/h1-13,21H,14-15,24H2,(H,25,26)(H,27,28)/t21-/m0/s1. The Balaban J connectivity index is 1.30. The Kier molecular flexibility index (Phi) is 5.42. The van der Waals surface area contributed by atoms with Crippen molar-refractivity contribution >= 4 is 23.3 Å². The number of hydrogen-bond acceptors (Lipinski definition) is 5. The van der Waals surface area contributed by atoms with Crippen molar-refractivity contribution in [3.05, 3.63) is 95.6 Å². The number of carbonyl (C=O) groups excluding carboxylic acids is 1. The molecule has 1 aliphatic heterocycles. The highest BCUT2D eigenvalue weighted by atomic mass is 16.5. The molecule has 0 saturated carbocycles. The van der Waals surface area contributed by atoms with Crippen molar-refractivity contribution in [2.24, 2.45) is 4.99 Å². The summed E-state index contributed by atoms with van der Waals surface area (Å²) in [7, 11) is 0. The third kappa shape index (κ3) is 4.55. The maximum Gasteiger partial charge on any atom is 0.285 e. The van der Waals surface area contributed by atoms with Crippen LogP contribution in [0.1, 0.15) is 27.6 Å². The van der Waals surface area contributed by atoms with Crippen molar-refractivity contribution in [2.75, 3.05) is 17.6 Å². The first-order valence-corrected chi connectivity index (χ1v) is 9.44. The fraction of sp³-hybridized carbons (Fsp3) is 0.130. The average molecular weight is 386 g/mol. The van der Waals surface area contributed by atoms with Crippen LogP contribution in [-0.4, -0.2) is 18.5 Å². The molecule has 1 heterocycles. The monoisotopic (exact) mass is 386 g/mol. The Hall–Kier alpha value is -3.80. The average Bonchev–Trinajstić information content (AvgIpc) is 3.24. The molecule has 0 aliphatic carbocycles. The molecule has 0 spiro atoms. The van der Waals surface area contributed by atoms with Crippen LogP contribution in [0.15, 0.2) is 83.9 Å². The van der Waals surface area contributed by atoms with Crippen molar-refractivity contribution in [3.8, 4) is 0 Å². The number of nitrogens with zero attached hydrogens (tertiary/aromatic N) is 1. The summed E-state index contributed by atoms with van der Waals surface area (Å²) >= 11 is 0. The lowest BCUT2D eigenvalue weighted by Crippen LogP contribution is -2.23. The van der Waals surface area contributed by atoms with Gasteiger partial charge in [-0.3, -0.25) is 4.79 Å². The largest absolute Gasteiger partial charge is 0.455 e. The lowest BCUT2D eigenvalue weighted by Gasteiger charge is -2.12. The van der Waals surface area contributed by atoms with Gasteiger partial charge in [-0.2, -0.15) is 0 Å². The van der Waals surface area contributed by atoms with Gasteiger partial charge in [0.25, 0.3) is 11.9 Å². The molecule has 6 heteroatoms. The molecule has 146 valence electrons. The van der Waals surface area contributed by atoms with Crippen LogP contribution in [0.2, 0.25) is 0 Å². The molecule has 0 radical (unpaired) electrons. The number of rotatable bonds is 5.